The second-order valence-corrected chi connectivity index (χ2v) is 8.49. The molecule has 3 aromatic rings. The lowest BCUT2D eigenvalue weighted by Crippen LogP contribution is -2.49. The molecule has 160 valence electrons. The second-order valence-electron chi connectivity index (χ2n) is 7.52. The van der Waals surface area contributed by atoms with E-state index in [1.54, 1.807) is 12.4 Å². The van der Waals surface area contributed by atoms with Crippen LogP contribution in [0.25, 0.3) is 0 Å². The van der Waals surface area contributed by atoms with E-state index in [-0.39, 0.29) is 5.91 Å². The summed E-state index contributed by atoms with van der Waals surface area (Å²) >= 11 is 1.37. The van der Waals surface area contributed by atoms with Crippen LogP contribution >= 0.6 is 11.8 Å². The Bertz CT molecular complexity index is 1030. The smallest absolute Gasteiger partial charge is 0.252 e. The zero-order chi connectivity index (χ0) is 21.6. The Kier molecular flexibility index (Phi) is 6.72. The number of benzene rings is 2. The number of hydrogen-bond donors (Lipinski definition) is 0. The van der Waals surface area contributed by atoms with Crippen molar-refractivity contribution in [2.24, 2.45) is 0 Å². The van der Waals surface area contributed by atoms with Crippen LogP contribution in [0.2, 0.25) is 0 Å². The molecule has 0 unspecified atom stereocenters. The van der Waals surface area contributed by atoms with Gasteiger partial charge >= 0.3 is 0 Å². The second kappa shape index (κ2) is 9.83. The summed E-state index contributed by atoms with van der Waals surface area (Å²) in [5, 5.41) is 0.620. The third-order valence-electron chi connectivity index (χ3n) is 5.29. The number of hydrogen-bond acceptors (Lipinski definition) is 6. The van der Waals surface area contributed by atoms with E-state index in [9.17, 15) is 4.79 Å². The number of piperazine rings is 1. The maximum Gasteiger partial charge on any atom is 0.252 e. The van der Waals surface area contributed by atoms with Crippen LogP contribution in [0.15, 0.2) is 66.0 Å². The van der Waals surface area contributed by atoms with Crippen molar-refractivity contribution in [3.05, 3.63) is 72.1 Å². The average molecular weight is 435 g/mol. The van der Waals surface area contributed by atoms with Gasteiger partial charge in [-0.25, -0.2) is 9.97 Å². The molecular formula is C24H26N4O2S. The molecule has 0 bridgehead atoms. The summed E-state index contributed by atoms with van der Waals surface area (Å²) in [5.41, 5.74) is 3.68. The molecule has 31 heavy (non-hydrogen) atoms. The monoisotopic (exact) mass is 434 g/mol. The topological polar surface area (TPSA) is 58.6 Å². The number of para-hydroxylation sites is 1. The third-order valence-corrected chi connectivity index (χ3v) is 6.23. The Balaban J connectivity index is 1.32. The molecule has 1 fully saturated rings. The van der Waals surface area contributed by atoms with Crippen molar-refractivity contribution in [2.45, 2.75) is 18.9 Å². The van der Waals surface area contributed by atoms with Gasteiger partial charge in [0.05, 0.1) is 5.75 Å². The Morgan fingerprint density at radius 1 is 0.968 bits per heavy atom. The zero-order valence-electron chi connectivity index (χ0n) is 17.8. The molecule has 1 saturated heterocycles. The number of carbonyl (C=O) groups is 1. The van der Waals surface area contributed by atoms with Gasteiger partial charge in [0.2, 0.25) is 5.91 Å². The number of carbonyl (C=O) groups excluding carboxylic acids is 1. The Labute approximate surface area is 187 Å². The largest absolute Gasteiger partial charge is 0.437 e. The van der Waals surface area contributed by atoms with Gasteiger partial charge in [-0.05, 0) is 37.6 Å². The number of thioether (sulfide) groups is 1. The summed E-state index contributed by atoms with van der Waals surface area (Å²) in [7, 11) is 0. The minimum atomic E-state index is 0.112. The van der Waals surface area contributed by atoms with Crippen LogP contribution in [0.5, 0.6) is 11.6 Å². The van der Waals surface area contributed by atoms with Gasteiger partial charge < -0.3 is 14.5 Å². The van der Waals surface area contributed by atoms with Crippen LogP contribution in [-0.4, -0.2) is 52.7 Å². The first-order valence-electron chi connectivity index (χ1n) is 10.4. The molecule has 1 aromatic heterocycles. The molecular weight excluding hydrogens is 408 g/mol. The minimum Gasteiger partial charge on any atom is -0.437 e. The molecule has 4 rings (SSSR count). The fraction of sp³-hybridized carbons (Fsp3) is 0.292. The number of aryl methyl sites for hydroxylation is 2. The van der Waals surface area contributed by atoms with E-state index in [1.807, 2.05) is 36.1 Å². The van der Waals surface area contributed by atoms with Crippen LogP contribution in [0, 0.1) is 13.8 Å². The van der Waals surface area contributed by atoms with Gasteiger partial charge in [-0.15, -0.1) is 0 Å². The molecule has 6 nitrogen and oxygen atoms in total. The number of amides is 1. The first kappa shape index (κ1) is 21.2. The van der Waals surface area contributed by atoms with Crippen LogP contribution in [0.1, 0.15) is 11.1 Å². The highest BCUT2D eigenvalue weighted by atomic mass is 32.2. The van der Waals surface area contributed by atoms with Gasteiger partial charge in [0.25, 0.3) is 5.88 Å². The van der Waals surface area contributed by atoms with E-state index >= 15 is 0 Å². The average Bonchev–Trinajstić information content (AvgIpc) is 2.80. The summed E-state index contributed by atoms with van der Waals surface area (Å²) in [6, 6.07) is 16.2. The molecule has 1 amide bonds. The quantitative estimate of drug-likeness (QED) is 0.539. The molecule has 0 radical (unpaired) electrons. The summed E-state index contributed by atoms with van der Waals surface area (Å²) in [6.45, 7) is 7.28. The van der Waals surface area contributed by atoms with Gasteiger partial charge in [-0.1, -0.05) is 47.7 Å². The molecule has 0 saturated carbocycles. The fourth-order valence-electron chi connectivity index (χ4n) is 3.54. The van der Waals surface area contributed by atoms with Crippen LogP contribution in [-0.2, 0) is 4.79 Å². The van der Waals surface area contributed by atoms with Crippen molar-refractivity contribution in [1.29, 1.82) is 0 Å². The predicted molar refractivity (Wildman–Crippen MR) is 124 cm³/mol. The minimum absolute atomic E-state index is 0.112. The van der Waals surface area contributed by atoms with Crippen molar-refractivity contribution >= 4 is 23.4 Å². The summed E-state index contributed by atoms with van der Waals surface area (Å²) < 4.78 is 5.89. The SMILES string of the molecule is Cc1ccc(Oc2nccnc2SCC(=O)N2CCN(c3ccccc3C)CC2)cc1. The van der Waals surface area contributed by atoms with Crippen LogP contribution in [0.4, 0.5) is 5.69 Å². The van der Waals surface area contributed by atoms with Crippen molar-refractivity contribution in [2.75, 3.05) is 36.8 Å². The highest BCUT2D eigenvalue weighted by Crippen LogP contribution is 2.29. The molecule has 2 aromatic carbocycles. The maximum absolute atomic E-state index is 12.8. The van der Waals surface area contributed by atoms with E-state index in [0.717, 1.165) is 31.7 Å². The highest BCUT2D eigenvalue weighted by Gasteiger charge is 2.22. The first-order valence-corrected chi connectivity index (χ1v) is 11.4. The van der Waals surface area contributed by atoms with Gasteiger partial charge in [-0.3, -0.25) is 4.79 Å². The number of aromatic nitrogens is 2. The number of anilines is 1. The van der Waals surface area contributed by atoms with Gasteiger partial charge in [0.1, 0.15) is 5.75 Å². The summed E-state index contributed by atoms with van der Waals surface area (Å²) in [6.07, 6.45) is 3.22. The van der Waals surface area contributed by atoms with E-state index in [4.69, 9.17) is 4.74 Å². The van der Waals surface area contributed by atoms with Gasteiger partial charge in [-0.2, -0.15) is 0 Å². The molecule has 7 heteroatoms. The van der Waals surface area contributed by atoms with Crippen molar-refractivity contribution in [3.8, 4) is 11.6 Å². The summed E-state index contributed by atoms with van der Waals surface area (Å²) in [5.74, 6) is 1.55. The molecule has 0 atom stereocenters. The standard InChI is InChI=1S/C24H26N4O2S/c1-18-7-9-20(10-8-18)30-23-24(26-12-11-25-23)31-17-22(29)28-15-13-27(14-16-28)21-6-4-3-5-19(21)2/h3-12H,13-17H2,1-2H3. The maximum atomic E-state index is 12.8. The van der Waals surface area contributed by atoms with Gasteiger partial charge in [0, 0.05) is 44.3 Å². The third kappa shape index (κ3) is 5.35. The van der Waals surface area contributed by atoms with Crippen molar-refractivity contribution < 1.29 is 9.53 Å². The van der Waals surface area contributed by atoms with E-state index in [1.165, 1.54) is 23.0 Å². The number of ether oxygens (including phenoxy) is 1. The predicted octanol–water partition coefficient (Wildman–Crippen LogP) is 4.33. The Morgan fingerprint density at radius 3 is 2.42 bits per heavy atom. The van der Waals surface area contributed by atoms with Crippen molar-refractivity contribution in [1.82, 2.24) is 14.9 Å². The summed E-state index contributed by atoms with van der Waals surface area (Å²) in [4.78, 5) is 25.7. The lowest BCUT2D eigenvalue weighted by molar-refractivity contribution is -0.128. The Hall–Kier alpha value is -3.06. The molecule has 0 spiro atoms. The molecule has 0 aliphatic carbocycles. The van der Waals surface area contributed by atoms with E-state index < -0.39 is 0 Å². The molecule has 1 aliphatic heterocycles. The molecule has 2 heterocycles. The number of rotatable bonds is 6. The lowest BCUT2D eigenvalue weighted by atomic mass is 10.1. The highest BCUT2D eigenvalue weighted by molar-refractivity contribution is 8.00. The fourth-order valence-corrected chi connectivity index (χ4v) is 4.33. The normalized spacial score (nSPS) is 13.9. The molecule has 0 N–H and O–H groups in total. The van der Waals surface area contributed by atoms with Crippen LogP contribution < -0.4 is 9.64 Å². The van der Waals surface area contributed by atoms with Gasteiger partial charge in [0.15, 0.2) is 5.03 Å². The van der Waals surface area contributed by atoms with Crippen LogP contribution in [0.3, 0.4) is 0 Å². The first-order chi connectivity index (χ1) is 15.1. The number of nitrogens with zero attached hydrogens (tertiary/aromatic N) is 4. The zero-order valence-corrected chi connectivity index (χ0v) is 18.6. The van der Waals surface area contributed by atoms with E-state index in [2.05, 4.69) is 46.1 Å². The van der Waals surface area contributed by atoms with E-state index in [0.29, 0.717) is 22.4 Å². The Morgan fingerprint density at radius 2 is 1.68 bits per heavy atom. The lowest BCUT2D eigenvalue weighted by Gasteiger charge is -2.36. The van der Waals surface area contributed by atoms with Crippen molar-refractivity contribution in [3.63, 3.8) is 0 Å². The molecule has 1 aliphatic rings.